The Balaban J connectivity index is 1.71. The van der Waals surface area contributed by atoms with Gasteiger partial charge in [0.15, 0.2) is 0 Å². The van der Waals surface area contributed by atoms with E-state index in [-0.39, 0.29) is 5.91 Å². The van der Waals surface area contributed by atoms with Gasteiger partial charge in [-0.1, -0.05) is 5.16 Å². The summed E-state index contributed by atoms with van der Waals surface area (Å²) in [4.78, 5) is 14.8. The first-order chi connectivity index (χ1) is 10.1. The average Bonchev–Trinajstić information content (AvgIpc) is 3.17. The number of carbonyl (C=O) groups excluding carboxylic acids is 1. The first-order valence-corrected chi connectivity index (χ1v) is 6.52. The maximum Gasteiger partial charge on any atom is 0.257 e. The Morgan fingerprint density at radius 3 is 3.00 bits per heavy atom. The molecule has 7 heteroatoms. The summed E-state index contributed by atoms with van der Waals surface area (Å²) in [5, 5.41) is 10.9. The van der Waals surface area contributed by atoms with Crippen molar-refractivity contribution in [1.29, 1.82) is 0 Å². The monoisotopic (exact) mass is 285 g/mol. The van der Waals surface area contributed by atoms with Crippen molar-refractivity contribution in [2.45, 2.75) is 20.4 Å². The van der Waals surface area contributed by atoms with Crippen molar-refractivity contribution in [3.8, 4) is 0 Å². The number of aryl methyl sites for hydroxylation is 2. The number of hydrogen-bond donors (Lipinski definition) is 2. The van der Waals surface area contributed by atoms with Gasteiger partial charge in [0, 0.05) is 24.2 Å². The summed E-state index contributed by atoms with van der Waals surface area (Å²) in [7, 11) is 0. The quantitative estimate of drug-likeness (QED) is 0.768. The van der Waals surface area contributed by atoms with Crippen LogP contribution in [0.15, 0.2) is 35.4 Å². The molecule has 3 rings (SSSR count). The van der Waals surface area contributed by atoms with Gasteiger partial charge in [0.05, 0.1) is 29.7 Å². The minimum Gasteiger partial charge on any atom is -0.367 e. The molecule has 0 saturated carbocycles. The van der Waals surface area contributed by atoms with Gasteiger partial charge in [-0.3, -0.25) is 9.48 Å². The van der Waals surface area contributed by atoms with Gasteiger partial charge in [0.2, 0.25) is 0 Å². The van der Waals surface area contributed by atoms with Gasteiger partial charge in [-0.2, -0.15) is 5.10 Å². The number of rotatable bonds is 4. The molecule has 0 atom stereocenters. The number of hydrogen-bond acceptors (Lipinski definition) is 4. The lowest BCUT2D eigenvalue weighted by atomic mass is 10.2. The molecule has 0 spiro atoms. The average molecular weight is 285 g/mol. The van der Waals surface area contributed by atoms with Crippen LogP contribution in [-0.4, -0.2) is 25.8 Å². The van der Waals surface area contributed by atoms with Crippen LogP contribution in [0.3, 0.4) is 0 Å². The largest absolute Gasteiger partial charge is 0.367 e. The van der Waals surface area contributed by atoms with Crippen LogP contribution in [-0.2, 0) is 6.54 Å². The van der Waals surface area contributed by atoms with Crippen LogP contribution in [0.25, 0.3) is 0 Å². The number of aromatic amines is 1. The molecule has 0 aromatic carbocycles. The summed E-state index contributed by atoms with van der Waals surface area (Å²) in [5.41, 5.74) is 3.07. The van der Waals surface area contributed by atoms with Gasteiger partial charge in [0.1, 0.15) is 5.76 Å². The molecule has 3 aromatic rings. The van der Waals surface area contributed by atoms with E-state index in [1.165, 1.54) is 0 Å². The fraction of sp³-hybridized carbons (Fsp3) is 0.214. The third kappa shape index (κ3) is 2.71. The summed E-state index contributed by atoms with van der Waals surface area (Å²) < 4.78 is 6.86. The summed E-state index contributed by atoms with van der Waals surface area (Å²) in [6, 6.07) is 1.71. The Hall–Kier alpha value is -2.83. The lowest BCUT2D eigenvalue weighted by Crippen LogP contribution is -2.10. The Morgan fingerprint density at radius 2 is 2.33 bits per heavy atom. The van der Waals surface area contributed by atoms with Crippen LogP contribution in [0.2, 0.25) is 0 Å². The van der Waals surface area contributed by atoms with Crippen LogP contribution in [0.1, 0.15) is 27.4 Å². The molecule has 0 saturated heterocycles. The topological polar surface area (TPSA) is 88.7 Å². The maximum atomic E-state index is 11.9. The highest BCUT2D eigenvalue weighted by molar-refractivity contribution is 6.03. The molecule has 0 aliphatic heterocycles. The highest BCUT2D eigenvalue weighted by Crippen LogP contribution is 2.15. The fourth-order valence-electron chi connectivity index (χ4n) is 2.07. The van der Waals surface area contributed by atoms with Crippen LogP contribution in [0, 0.1) is 13.8 Å². The number of H-pyrrole nitrogens is 1. The van der Waals surface area contributed by atoms with E-state index in [4.69, 9.17) is 4.52 Å². The molecule has 2 N–H and O–H groups in total. The van der Waals surface area contributed by atoms with Gasteiger partial charge in [-0.25, -0.2) is 0 Å². The van der Waals surface area contributed by atoms with Crippen molar-refractivity contribution >= 4 is 11.6 Å². The predicted molar refractivity (Wildman–Crippen MR) is 76.1 cm³/mol. The summed E-state index contributed by atoms with van der Waals surface area (Å²) in [6.45, 7) is 4.32. The molecular formula is C14H15N5O2. The van der Waals surface area contributed by atoms with Crippen molar-refractivity contribution in [1.82, 2.24) is 19.9 Å². The van der Waals surface area contributed by atoms with Crippen molar-refractivity contribution in [2.24, 2.45) is 0 Å². The van der Waals surface area contributed by atoms with E-state index in [1.54, 1.807) is 35.5 Å². The Kier molecular flexibility index (Phi) is 3.31. The van der Waals surface area contributed by atoms with Crippen LogP contribution in [0.5, 0.6) is 0 Å². The molecule has 21 heavy (non-hydrogen) atoms. The van der Waals surface area contributed by atoms with Gasteiger partial charge in [0.25, 0.3) is 5.91 Å². The number of nitrogens with zero attached hydrogens (tertiary/aromatic N) is 3. The number of carbonyl (C=O) groups is 1. The van der Waals surface area contributed by atoms with E-state index >= 15 is 0 Å². The Morgan fingerprint density at radius 1 is 1.48 bits per heavy atom. The summed E-state index contributed by atoms with van der Waals surface area (Å²) in [5.74, 6) is 0.606. The third-order valence-electron chi connectivity index (χ3n) is 3.25. The molecule has 3 aromatic heterocycles. The standard InChI is InChI=1S/C14H15N5O2/c1-9-13(10(2)21-18-9)8-19-7-12(6-16-19)17-14(20)11-3-4-15-5-11/h3-7,15H,8H2,1-2H3,(H,17,20). The van der Waals surface area contributed by atoms with Gasteiger partial charge >= 0.3 is 0 Å². The zero-order valence-corrected chi connectivity index (χ0v) is 11.8. The first-order valence-electron chi connectivity index (χ1n) is 6.52. The minimum atomic E-state index is -0.173. The normalized spacial score (nSPS) is 10.8. The second-order valence-corrected chi connectivity index (χ2v) is 4.78. The Labute approximate surface area is 120 Å². The molecule has 3 heterocycles. The van der Waals surface area contributed by atoms with Gasteiger partial charge < -0.3 is 14.8 Å². The van der Waals surface area contributed by atoms with Crippen LogP contribution < -0.4 is 5.32 Å². The second-order valence-electron chi connectivity index (χ2n) is 4.78. The first kappa shape index (κ1) is 13.2. The van der Waals surface area contributed by atoms with Crippen LogP contribution >= 0.6 is 0 Å². The van der Waals surface area contributed by atoms with Crippen molar-refractivity contribution in [2.75, 3.05) is 5.32 Å². The molecule has 0 fully saturated rings. The molecule has 108 valence electrons. The van der Waals surface area contributed by atoms with E-state index in [0.717, 1.165) is 17.0 Å². The molecule has 0 aliphatic rings. The molecule has 0 aliphatic carbocycles. The van der Waals surface area contributed by atoms with E-state index in [2.05, 4.69) is 20.6 Å². The highest BCUT2D eigenvalue weighted by Gasteiger charge is 2.11. The van der Waals surface area contributed by atoms with E-state index in [9.17, 15) is 4.79 Å². The minimum absolute atomic E-state index is 0.173. The third-order valence-corrected chi connectivity index (χ3v) is 3.25. The van der Waals surface area contributed by atoms with E-state index in [0.29, 0.717) is 17.8 Å². The molecule has 0 unspecified atom stereocenters. The van der Waals surface area contributed by atoms with Crippen molar-refractivity contribution < 1.29 is 9.32 Å². The van der Waals surface area contributed by atoms with Gasteiger partial charge in [-0.05, 0) is 19.9 Å². The summed E-state index contributed by atoms with van der Waals surface area (Å²) >= 11 is 0. The fourth-order valence-corrected chi connectivity index (χ4v) is 2.07. The predicted octanol–water partition coefficient (Wildman–Crippen LogP) is 2.12. The number of nitrogens with one attached hydrogen (secondary N) is 2. The maximum absolute atomic E-state index is 11.9. The smallest absolute Gasteiger partial charge is 0.257 e. The van der Waals surface area contributed by atoms with Gasteiger partial charge in [-0.15, -0.1) is 0 Å². The molecule has 1 amide bonds. The van der Waals surface area contributed by atoms with Crippen molar-refractivity contribution in [3.63, 3.8) is 0 Å². The van der Waals surface area contributed by atoms with E-state index in [1.807, 2.05) is 13.8 Å². The van der Waals surface area contributed by atoms with Crippen LogP contribution in [0.4, 0.5) is 5.69 Å². The molecular weight excluding hydrogens is 270 g/mol. The zero-order chi connectivity index (χ0) is 14.8. The molecule has 0 radical (unpaired) electrons. The summed E-state index contributed by atoms with van der Waals surface area (Å²) in [6.07, 6.45) is 6.73. The number of amides is 1. The Bertz CT molecular complexity index is 735. The lowest BCUT2D eigenvalue weighted by molar-refractivity contribution is 0.102. The van der Waals surface area contributed by atoms with Crippen molar-refractivity contribution in [3.05, 3.63) is 53.4 Å². The highest BCUT2D eigenvalue weighted by atomic mass is 16.5. The lowest BCUT2D eigenvalue weighted by Gasteiger charge is -2.01. The molecule has 7 nitrogen and oxygen atoms in total. The SMILES string of the molecule is Cc1noc(C)c1Cn1cc(NC(=O)c2cc[nH]c2)cn1. The van der Waals surface area contributed by atoms with E-state index < -0.39 is 0 Å². The number of aromatic nitrogens is 4. The number of anilines is 1. The molecule has 0 bridgehead atoms. The zero-order valence-electron chi connectivity index (χ0n) is 11.8. The second kappa shape index (κ2) is 5.28.